The highest BCUT2D eigenvalue weighted by Crippen LogP contribution is 2.45. The lowest BCUT2D eigenvalue weighted by Crippen LogP contribution is -2.48. The molecule has 3 fully saturated rings. The Hall–Kier alpha value is -3.42. The molecular weight excluding hydrogens is 1470 g/mol. The van der Waals surface area contributed by atoms with E-state index < -0.39 is 0 Å². The largest absolute Gasteiger partial charge is 0.496 e. The molecular formula is C112H221N3O5. The molecule has 0 unspecified atom stereocenters. The Morgan fingerprint density at radius 1 is 0.400 bits per heavy atom. The van der Waals surface area contributed by atoms with Crippen molar-refractivity contribution in [3.8, 4) is 23.3 Å². The zero-order chi connectivity index (χ0) is 96.9. The minimum absolute atomic E-state index is 0.0184. The van der Waals surface area contributed by atoms with Gasteiger partial charge in [0, 0.05) is 42.3 Å². The van der Waals surface area contributed by atoms with Crippen LogP contribution in [0.4, 0.5) is 0 Å². The lowest BCUT2D eigenvalue weighted by atomic mass is 9.69. The summed E-state index contributed by atoms with van der Waals surface area (Å²) in [5.41, 5.74) is 8.70. The third-order valence-corrected chi connectivity index (χ3v) is 18.6. The molecule has 0 atom stereocenters. The summed E-state index contributed by atoms with van der Waals surface area (Å²) in [5.74, 6) is 10.8. The van der Waals surface area contributed by atoms with Crippen LogP contribution in [-0.2, 0) is 25.0 Å². The number of hydrogen-bond acceptors (Lipinski definition) is 8. The van der Waals surface area contributed by atoms with Crippen LogP contribution in [0.2, 0.25) is 0 Å². The first-order valence-corrected chi connectivity index (χ1v) is 47.1. The molecule has 0 amide bonds. The number of methoxy groups -OCH3 is 2. The molecule has 8 nitrogen and oxygen atoms in total. The van der Waals surface area contributed by atoms with E-state index >= 15 is 0 Å². The first-order chi connectivity index (χ1) is 53.2. The van der Waals surface area contributed by atoms with E-state index in [2.05, 4.69) is 367 Å². The van der Waals surface area contributed by atoms with Gasteiger partial charge in [-0.05, 0) is 342 Å². The Labute approximate surface area is 757 Å². The third kappa shape index (κ3) is 109. The molecule has 0 aromatic heterocycles. The topological polar surface area (TPSA) is 82.2 Å². The summed E-state index contributed by atoms with van der Waals surface area (Å²) in [6.07, 6.45) is 19.2. The Bertz CT molecular complexity index is 2790. The van der Waals surface area contributed by atoms with Crippen molar-refractivity contribution in [2.24, 2.45) is 50.2 Å². The van der Waals surface area contributed by atoms with E-state index in [1.54, 1.807) is 14.2 Å². The first-order valence-electron chi connectivity index (χ1n) is 47.1. The summed E-state index contributed by atoms with van der Waals surface area (Å²) in [4.78, 5) is 0. The van der Waals surface area contributed by atoms with Gasteiger partial charge in [-0.15, -0.1) is 11.8 Å². The second-order valence-electron chi connectivity index (χ2n) is 50.4. The SMILES string of the molecule is CC#CCCOC(C)(C)C.CC(C)(C)C1CC1.CC(C)(C)C1CCC1.CC(C)(C)C1CCCC1.CC(C)(C)CC(C)(C)C.CC(C)(C)NC(C)(C)C.CC(C)(C)c1ccccc1.CCC(C)(C)C.CCCCNC(C)(C)C.CCOC(C)(C)C.CNC(C)(C)C.COC(C)(C)C.COc1ccccc1C(C)(C)C.Cc1ccc(OC(C)(C)C)cc1. The summed E-state index contributed by atoms with van der Waals surface area (Å²) in [5, 5.41) is 9.99. The van der Waals surface area contributed by atoms with Gasteiger partial charge >= 0.3 is 0 Å². The zero-order valence-electron chi connectivity index (χ0n) is 92.3. The predicted octanol–water partition coefficient (Wildman–Crippen LogP) is 34.4. The number of para-hydroxylation sites is 1. The van der Waals surface area contributed by atoms with Crippen LogP contribution >= 0.6 is 0 Å². The molecule has 0 radical (unpaired) electrons. The van der Waals surface area contributed by atoms with Gasteiger partial charge in [0.2, 0.25) is 0 Å². The van der Waals surface area contributed by atoms with Crippen molar-refractivity contribution in [2.45, 2.75) is 512 Å². The highest BCUT2D eigenvalue weighted by atomic mass is 16.5. The fraction of sp³-hybridized carbons (Fsp3) is 0.821. The molecule has 3 aliphatic rings. The van der Waals surface area contributed by atoms with E-state index in [4.69, 9.17) is 23.7 Å². The van der Waals surface area contributed by atoms with Gasteiger partial charge in [0.25, 0.3) is 0 Å². The summed E-state index contributed by atoms with van der Waals surface area (Å²) in [6, 6.07) is 26.8. The van der Waals surface area contributed by atoms with E-state index in [0.29, 0.717) is 49.0 Å². The summed E-state index contributed by atoms with van der Waals surface area (Å²) in [7, 11) is 5.38. The molecule has 3 aliphatic carbocycles. The molecule has 714 valence electrons. The average Bonchev–Trinajstić information content (AvgIpc) is 1.71. The molecule has 8 heteroatoms. The van der Waals surface area contributed by atoms with Crippen LogP contribution in [-0.4, -0.2) is 85.6 Å². The normalized spacial score (nSPS) is 14.2. The molecule has 0 aliphatic heterocycles. The van der Waals surface area contributed by atoms with Crippen molar-refractivity contribution in [1.29, 1.82) is 0 Å². The fourth-order valence-electron chi connectivity index (χ4n) is 11.5. The number of hydrogen-bond donors (Lipinski definition) is 3. The maximum atomic E-state index is 5.66. The smallest absolute Gasteiger partial charge is 0.122 e. The van der Waals surface area contributed by atoms with Gasteiger partial charge in [-0.1, -0.05) is 278 Å². The van der Waals surface area contributed by atoms with E-state index in [9.17, 15) is 0 Å². The highest BCUT2D eigenvalue weighted by Gasteiger charge is 2.34. The molecule has 120 heavy (non-hydrogen) atoms. The Balaban J connectivity index is -0.000000189. The van der Waals surface area contributed by atoms with Crippen LogP contribution in [0.25, 0.3) is 0 Å². The average molecular weight is 1690 g/mol. The van der Waals surface area contributed by atoms with Crippen molar-refractivity contribution in [1.82, 2.24) is 16.0 Å². The summed E-state index contributed by atoms with van der Waals surface area (Å²) < 4.78 is 26.5. The van der Waals surface area contributed by atoms with Gasteiger partial charge < -0.3 is 39.6 Å². The molecule has 3 aromatic carbocycles. The number of benzene rings is 3. The molecule has 3 aromatic rings. The van der Waals surface area contributed by atoms with Crippen LogP contribution in [0.1, 0.15) is 467 Å². The zero-order valence-corrected chi connectivity index (χ0v) is 92.3. The Kier molecular flexibility index (Phi) is 68.1. The summed E-state index contributed by atoms with van der Waals surface area (Å²) in [6.45, 7) is 118. The molecule has 0 heterocycles. The number of rotatable bonds is 8. The van der Waals surface area contributed by atoms with Crippen molar-refractivity contribution < 1.29 is 23.7 Å². The maximum absolute atomic E-state index is 5.66. The fourth-order valence-corrected chi connectivity index (χ4v) is 11.5. The lowest BCUT2D eigenvalue weighted by Gasteiger charge is -2.37. The predicted molar refractivity (Wildman–Crippen MR) is 548 cm³/mol. The Morgan fingerprint density at radius 2 is 0.758 bits per heavy atom. The number of unbranched alkanes of at least 4 members (excludes halogenated alkanes) is 1. The van der Waals surface area contributed by atoms with E-state index in [0.717, 1.165) is 55.4 Å². The lowest BCUT2D eigenvalue weighted by molar-refractivity contribution is 0.000549. The van der Waals surface area contributed by atoms with Crippen LogP contribution in [0.3, 0.4) is 0 Å². The van der Waals surface area contributed by atoms with Gasteiger partial charge in [-0.25, -0.2) is 0 Å². The van der Waals surface area contributed by atoms with E-state index in [1.165, 1.54) is 100 Å². The van der Waals surface area contributed by atoms with E-state index in [1.807, 2.05) is 114 Å². The minimum atomic E-state index is -0.102. The van der Waals surface area contributed by atoms with Gasteiger partial charge in [0.1, 0.15) is 17.1 Å². The maximum Gasteiger partial charge on any atom is 0.122 e. The molecule has 3 N–H and O–H groups in total. The second kappa shape index (κ2) is 61.9. The molecule has 6 rings (SSSR count). The summed E-state index contributed by atoms with van der Waals surface area (Å²) >= 11 is 0. The molecule has 0 spiro atoms. The number of aryl methyl sites for hydroxylation is 1. The number of ether oxygens (including phenoxy) is 5. The Morgan fingerprint density at radius 3 is 0.942 bits per heavy atom. The quantitative estimate of drug-likeness (QED) is 0.152. The van der Waals surface area contributed by atoms with Crippen LogP contribution in [0.5, 0.6) is 11.5 Å². The third-order valence-electron chi connectivity index (χ3n) is 18.6. The van der Waals surface area contributed by atoms with Gasteiger partial charge in [0.05, 0.1) is 30.5 Å². The highest BCUT2D eigenvalue weighted by molar-refractivity contribution is 5.38. The van der Waals surface area contributed by atoms with Crippen molar-refractivity contribution in [3.05, 3.63) is 95.6 Å². The van der Waals surface area contributed by atoms with Gasteiger partial charge in [-0.3, -0.25) is 0 Å². The molecule has 0 saturated heterocycles. The van der Waals surface area contributed by atoms with E-state index in [-0.39, 0.29) is 38.9 Å². The minimum Gasteiger partial charge on any atom is -0.496 e. The molecule has 3 saturated carbocycles. The second-order valence-corrected chi connectivity index (χ2v) is 50.4. The van der Waals surface area contributed by atoms with Crippen LogP contribution in [0.15, 0.2) is 78.9 Å². The van der Waals surface area contributed by atoms with Gasteiger partial charge in [-0.2, -0.15) is 0 Å². The number of nitrogens with one attached hydrogen (secondary N) is 3. The first kappa shape index (κ1) is 132. The van der Waals surface area contributed by atoms with Crippen molar-refractivity contribution in [2.75, 3.05) is 41.0 Å². The molecule has 0 bridgehead atoms. The van der Waals surface area contributed by atoms with Crippen LogP contribution < -0.4 is 25.4 Å². The van der Waals surface area contributed by atoms with Crippen LogP contribution in [0, 0.1) is 69.0 Å². The van der Waals surface area contributed by atoms with Crippen molar-refractivity contribution >= 4 is 0 Å². The van der Waals surface area contributed by atoms with Crippen molar-refractivity contribution in [3.63, 3.8) is 0 Å². The van der Waals surface area contributed by atoms with Gasteiger partial charge in [0.15, 0.2) is 0 Å². The monoisotopic (exact) mass is 1690 g/mol. The standard InChI is InChI=1S/2C11H16O.C10H14.C9H16O.C9H18.C9H20.2C8H19N.C8H16.C7H14.C6H14O.C6H14.C5H13N.C5H12O/c1-9-5-7-10(8-6-9)12-11(2,3)4;1-11(2,3)9-7-5-6-8-10(9)12-4;1-10(2,3)9-7-5-4-6-8-9;1-5-6-7-8-10-9(2,3)4;1-9(2,3)8-6-4-5-7-8;1-8(2,3)7-9(4,5)6;1-7(2,3)9-8(4,5)6;1-5-6-7-9-8(2,3)4;1-8(2,3)7-5-4-6-7;1-7(2,3)6-4-5-6;1-5-7-6(2,3)4;1-5-6(2,3)4;2*1-5(2,3)6-4/h2*5-8H,1-4H3;4-8H,1-3H3;7-8H2,1-4H3;8H,4-7H2,1-3H3;7H2,1-6H3;9H,1-6H3;9H,5-7H2,1-4H3;7H,4-6H2,1-3H3;6H,4-5H2,1-3H3;5H2,1-4H3;5H2,1-4H3;6H,1-4H3;1-4H3.